The Morgan fingerprint density at radius 2 is 2.28 bits per heavy atom. The molecule has 2 N–H and O–H groups in total. The number of piperidine rings is 1. The van der Waals surface area contributed by atoms with Gasteiger partial charge in [0.2, 0.25) is 11.8 Å². The van der Waals surface area contributed by atoms with E-state index in [1.165, 1.54) is 0 Å². The van der Waals surface area contributed by atoms with Gasteiger partial charge < -0.3 is 5.32 Å². The summed E-state index contributed by atoms with van der Waals surface area (Å²) in [5.74, 6) is -0.263. The first kappa shape index (κ1) is 12.0. The maximum atomic E-state index is 11.6. The van der Waals surface area contributed by atoms with E-state index in [0.717, 1.165) is 5.69 Å². The molecule has 2 rings (SSSR count). The van der Waals surface area contributed by atoms with E-state index in [2.05, 4.69) is 15.6 Å². The summed E-state index contributed by atoms with van der Waals surface area (Å²) in [7, 11) is 0. The van der Waals surface area contributed by atoms with Crippen molar-refractivity contribution in [2.24, 2.45) is 0 Å². The molecule has 1 aliphatic heterocycles. The van der Waals surface area contributed by atoms with Crippen molar-refractivity contribution in [2.75, 3.05) is 5.32 Å². The van der Waals surface area contributed by atoms with Crippen LogP contribution in [0.3, 0.4) is 0 Å². The Hall–Kier alpha value is -2.42. The second-order valence-corrected chi connectivity index (χ2v) is 4.11. The molecule has 1 unspecified atom stereocenters. The molecule has 0 spiro atoms. The zero-order valence-corrected chi connectivity index (χ0v) is 9.86. The van der Waals surface area contributed by atoms with E-state index in [1.54, 1.807) is 19.1 Å². The Morgan fingerprint density at radius 1 is 1.50 bits per heavy atom. The molecule has 2 heterocycles. The van der Waals surface area contributed by atoms with Gasteiger partial charge in [-0.25, -0.2) is 4.98 Å². The highest BCUT2D eigenvalue weighted by atomic mass is 16.2. The van der Waals surface area contributed by atoms with Gasteiger partial charge in [-0.15, -0.1) is 0 Å². The van der Waals surface area contributed by atoms with Gasteiger partial charge in [0.15, 0.2) is 0 Å². The Morgan fingerprint density at radius 3 is 2.94 bits per heavy atom. The van der Waals surface area contributed by atoms with E-state index in [0.29, 0.717) is 17.8 Å². The van der Waals surface area contributed by atoms with Gasteiger partial charge in [-0.05, 0) is 25.5 Å². The van der Waals surface area contributed by atoms with E-state index >= 15 is 0 Å². The van der Waals surface area contributed by atoms with Crippen LogP contribution in [0.4, 0.5) is 5.82 Å². The average Bonchev–Trinajstić information content (AvgIpc) is 2.33. The lowest BCUT2D eigenvalue weighted by atomic mass is 10.1. The molecule has 0 bridgehead atoms. The van der Waals surface area contributed by atoms with Gasteiger partial charge in [-0.3, -0.25) is 14.9 Å². The summed E-state index contributed by atoms with van der Waals surface area (Å²) in [5.41, 5.74) is 1.13. The van der Waals surface area contributed by atoms with Crippen LogP contribution in [0.1, 0.15) is 24.1 Å². The molecular formula is C12H12N4O2. The quantitative estimate of drug-likeness (QED) is 0.738. The van der Waals surface area contributed by atoms with Crippen LogP contribution >= 0.6 is 0 Å². The third-order valence-electron chi connectivity index (χ3n) is 2.71. The third kappa shape index (κ3) is 2.46. The van der Waals surface area contributed by atoms with Crippen molar-refractivity contribution < 1.29 is 9.59 Å². The molecule has 1 fully saturated rings. The molecule has 2 amide bonds. The average molecular weight is 244 g/mol. The molecule has 0 aromatic carbocycles. The summed E-state index contributed by atoms with van der Waals surface area (Å²) >= 11 is 0. The molecule has 1 aliphatic rings. The summed E-state index contributed by atoms with van der Waals surface area (Å²) in [6.45, 7) is 1.80. The maximum Gasteiger partial charge on any atom is 0.249 e. The van der Waals surface area contributed by atoms with Crippen molar-refractivity contribution in [3.63, 3.8) is 0 Å². The highest BCUT2D eigenvalue weighted by molar-refractivity contribution is 6.01. The highest BCUT2D eigenvalue weighted by Gasteiger charge is 2.27. The number of carbonyl (C=O) groups excluding carboxylic acids is 2. The molecule has 18 heavy (non-hydrogen) atoms. The summed E-state index contributed by atoms with van der Waals surface area (Å²) in [6.07, 6.45) is 0.697. The van der Waals surface area contributed by atoms with E-state index in [4.69, 9.17) is 5.26 Å². The SMILES string of the molecule is Cc1ccc(C#N)c(NC2CCC(=O)NC2=O)n1. The molecule has 0 aliphatic carbocycles. The number of carbonyl (C=O) groups is 2. The topological polar surface area (TPSA) is 94.9 Å². The van der Waals surface area contributed by atoms with Gasteiger partial charge in [0.1, 0.15) is 17.9 Å². The van der Waals surface area contributed by atoms with Crippen LogP contribution in [0, 0.1) is 18.3 Å². The minimum absolute atomic E-state index is 0.268. The molecule has 1 aromatic heterocycles. The Bertz CT molecular complexity index is 547. The van der Waals surface area contributed by atoms with Gasteiger partial charge in [0.05, 0.1) is 5.56 Å². The third-order valence-corrected chi connectivity index (χ3v) is 2.71. The number of rotatable bonds is 2. The van der Waals surface area contributed by atoms with E-state index in [1.807, 2.05) is 6.07 Å². The van der Waals surface area contributed by atoms with Gasteiger partial charge in [-0.2, -0.15) is 5.26 Å². The second-order valence-electron chi connectivity index (χ2n) is 4.11. The molecule has 92 valence electrons. The summed E-state index contributed by atoms with van der Waals surface area (Å²) in [6, 6.07) is 4.87. The van der Waals surface area contributed by atoms with Crippen molar-refractivity contribution >= 4 is 17.6 Å². The minimum atomic E-state index is -0.524. The Kier molecular flexibility index (Phi) is 3.24. The number of nitrogens with zero attached hydrogens (tertiary/aromatic N) is 2. The van der Waals surface area contributed by atoms with Crippen LogP contribution < -0.4 is 10.6 Å². The lowest BCUT2D eigenvalue weighted by Gasteiger charge is -2.22. The van der Waals surface area contributed by atoms with Crippen LogP contribution in [-0.2, 0) is 9.59 Å². The molecule has 1 atom stereocenters. The molecule has 0 radical (unpaired) electrons. The number of imide groups is 1. The van der Waals surface area contributed by atoms with E-state index < -0.39 is 6.04 Å². The van der Waals surface area contributed by atoms with Crippen LogP contribution in [0.25, 0.3) is 0 Å². The minimum Gasteiger partial charge on any atom is -0.357 e. The predicted molar refractivity (Wildman–Crippen MR) is 63.5 cm³/mol. The van der Waals surface area contributed by atoms with Crippen LogP contribution in [-0.4, -0.2) is 22.8 Å². The molecular weight excluding hydrogens is 232 g/mol. The lowest BCUT2D eigenvalue weighted by molar-refractivity contribution is -0.133. The Labute approximate surface area is 104 Å². The number of pyridine rings is 1. The second kappa shape index (κ2) is 4.84. The summed E-state index contributed by atoms with van der Waals surface area (Å²) in [4.78, 5) is 26.8. The van der Waals surface area contributed by atoms with Crippen molar-refractivity contribution in [1.82, 2.24) is 10.3 Å². The standard InChI is InChI=1S/C12H12N4O2/c1-7-2-3-8(6-13)11(14-7)15-9-4-5-10(17)16-12(9)18/h2-3,9H,4-5H2,1H3,(H,14,15)(H,16,17,18). The molecule has 1 saturated heterocycles. The van der Waals surface area contributed by atoms with Crippen molar-refractivity contribution in [3.8, 4) is 6.07 Å². The van der Waals surface area contributed by atoms with E-state index in [-0.39, 0.29) is 18.2 Å². The normalized spacial score (nSPS) is 19.0. The monoisotopic (exact) mass is 244 g/mol. The lowest BCUT2D eigenvalue weighted by Crippen LogP contribution is -2.47. The fourth-order valence-corrected chi connectivity index (χ4v) is 1.75. The van der Waals surface area contributed by atoms with Gasteiger partial charge in [0.25, 0.3) is 0 Å². The largest absolute Gasteiger partial charge is 0.357 e. The first-order valence-corrected chi connectivity index (χ1v) is 5.58. The van der Waals surface area contributed by atoms with Crippen molar-refractivity contribution in [3.05, 3.63) is 23.4 Å². The van der Waals surface area contributed by atoms with Crippen molar-refractivity contribution in [1.29, 1.82) is 5.26 Å². The fourth-order valence-electron chi connectivity index (χ4n) is 1.75. The number of hydrogen-bond donors (Lipinski definition) is 2. The zero-order valence-electron chi connectivity index (χ0n) is 9.86. The van der Waals surface area contributed by atoms with Crippen molar-refractivity contribution in [2.45, 2.75) is 25.8 Å². The Balaban J connectivity index is 2.19. The zero-order chi connectivity index (χ0) is 13.1. The highest BCUT2D eigenvalue weighted by Crippen LogP contribution is 2.16. The van der Waals surface area contributed by atoms with Gasteiger partial charge >= 0.3 is 0 Å². The summed E-state index contributed by atoms with van der Waals surface area (Å²) < 4.78 is 0. The summed E-state index contributed by atoms with van der Waals surface area (Å²) in [5, 5.41) is 14.1. The number of aryl methyl sites for hydroxylation is 1. The first-order chi connectivity index (χ1) is 8.60. The van der Waals surface area contributed by atoms with E-state index in [9.17, 15) is 9.59 Å². The molecule has 6 heteroatoms. The van der Waals surface area contributed by atoms with Crippen LogP contribution in [0.15, 0.2) is 12.1 Å². The van der Waals surface area contributed by atoms with Gasteiger partial charge in [-0.1, -0.05) is 0 Å². The smallest absolute Gasteiger partial charge is 0.249 e. The number of aromatic nitrogens is 1. The number of anilines is 1. The maximum absolute atomic E-state index is 11.6. The molecule has 1 aromatic rings. The number of hydrogen-bond acceptors (Lipinski definition) is 5. The molecule has 6 nitrogen and oxygen atoms in total. The number of nitriles is 1. The van der Waals surface area contributed by atoms with Crippen LogP contribution in [0.5, 0.6) is 0 Å². The van der Waals surface area contributed by atoms with Gasteiger partial charge in [0, 0.05) is 12.1 Å². The number of nitrogens with one attached hydrogen (secondary N) is 2. The molecule has 0 saturated carbocycles. The predicted octanol–water partition coefficient (Wildman–Crippen LogP) is 0.479. The number of amides is 2. The van der Waals surface area contributed by atoms with Crippen LogP contribution in [0.2, 0.25) is 0 Å². The fraction of sp³-hybridized carbons (Fsp3) is 0.333. The first-order valence-electron chi connectivity index (χ1n) is 5.58.